The first-order chi connectivity index (χ1) is 15.4. The maximum absolute atomic E-state index is 13.4. The van der Waals surface area contributed by atoms with E-state index in [1.54, 1.807) is 25.2 Å². The van der Waals surface area contributed by atoms with Crippen molar-refractivity contribution in [2.75, 3.05) is 11.9 Å². The lowest BCUT2D eigenvalue weighted by atomic mass is 9.77. The highest BCUT2D eigenvalue weighted by Crippen LogP contribution is 2.34. The van der Waals surface area contributed by atoms with Gasteiger partial charge in [-0.05, 0) is 69.4 Å². The summed E-state index contributed by atoms with van der Waals surface area (Å²) in [6.07, 6.45) is -0.228. The number of anilines is 1. The number of furan rings is 1. The van der Waals surface area contributed by atoms with E-state index in [0.29, 0.717) is 22.1 Å². The molecule has 3 aromatic rings. The maximum atomic E-state index is 13.4. The number of hydrogen-bond acceptors (Lipinski definition) is 5. The molecule has 176 valence electrons. The number of amides is 1. The van der Waals surface area contributed by atoms with Crippen molar-refractivity contribution < 1.29 is 28.0 Å². The molecule has 0 fully saturated rings. The summed E-state index contributed by atoms with van der Waals surface area (Å²) in [6.45, 7) is 11.6. The van der Waals surface area contributed by atoms with Crippen LogP contribution in [0.3, 0.4) is 0 Å². The SMILES string of the molecule is CC(C)Oc1oc2cc(B(O)OC(C)(C)C(C)C)ccc2c1C(=O)N(C)c1ccc(F)cc1. The van der Waals surface area contributed by atoms with Crippen LogP contribution in [0.1, 0.15) is 51.9 Å². The van der Waals surface area contributed by atoms with E-state index in [0.717, 1.165) is 0 Å². The van der Waals surface area contributed by atoms with Crippen molar-refractivity contribution in [1.29, 1.82) is 0 Å². The zero-order valence-corrected chi connectivity index (χ0v) is 20.2. The van der Waals surface area contributed by atoms with Gasteiger partial charge >= 0.3 is 7.12 Å². The summed E-state index contributed by atoms with van der Waals surface area (Å²) in [4.78, 5) is 14.8. The Morgan fingerprint density at radius 1 is 1.12 bits per heavy atom. The molecule has 6 nitrogen and oxygen atoms in total. The molecular weight excluding hydrogens is 424 g/mol. The van der Waals surface area contributed by atoms with Crippen LogP contribution in [-0.2, 0) is 4.65 Å². The van der Waals surface area contributed by atoms with Crippen LogP contribution in [0.25, 0.3) is 11.0 Å². The first-order valence-electron chi connectivity index (χ1n) is 11.0. The van der Waals surface area contributed by atoms with Gasteiger partial charge in [-0.3, -0.25) is 4.79 Å². The van der Waals surface area contributed by atoms with Crippen LogP contribution in [0.5, 0.6) is 5.95 Å². The van der Waals surface area contributed by atoms with Crippen molar-refractivity contribution in [3.8, 4) is 5.95 Å². The fourth-order valence-corrected chi connectivity index (χ4v) is 3.19. The van der Waals surface area contributed by atoms with Crippen LogP contribution < -0.4 is 15.1 Å². The van der Waals surface area contributed by atoms with Gasteiger partial charge in [-0.15, -0.1) is 0 Å². The first kappa shape index (κ1) is 24.8. The largest absolute Gasteiger partial charge is 0.491 e. The fraction of sp³-hybridized carbons (Fsp3) is 0.400. The Morgan fingerprint density at radius 2 is 1.76 bits per heavy atom. The van der Waals surface area contributed by atoms with Crippen molar-refractivity contribution >= 4 is 35.1 Å². The summed E-state index contributed by atoms with van der Waals surface area (Å²) < 4.78 is 30.9. The Labute approximate surface area is 194 Å². The number of hydrogen-bond donors (Lipinski definition) is 1. The Bertz CT molecular complexity index is 1120. The van der Waals surface area contributed by atoms with E-state index in [1.165, 1.54) is 29.2 Å². The predicted octanol–water partition coefficient (Wildman–Crippen LogP) is 4.77. The van der Waals surface area contributed by atoms with Gasteiger partial charge in [0.15, 0.2) is 0 Å². The minimum absolute atomic E-state index is 0.0917. The third-order valence-corrected chi connectivity index (χ3v) is 5.85. The molecule has 1 N–H and O–H groups in total. The predicted molar refractivity (Wildman–Crippen MR) is 129 cm³/mol. The quantitative estimate of drug-likeness (QED) is 0.496. The molecule has 0 bridgehead atoms. The van der Waals surface area contributed by atoms with Crippen LogP contribution in [0.15, 0.2) is 46.9 Å². The number of carbonyl (C=O) groups excluding carboxylic acids is 1. The molecule has 0 aliphatic heterocycles. The van der Waals surface area contributed by atoms with E-state index in [4.69, 9.17) is 13.8 Å². The van der Waals surface area contributed by atoms with E-state index in [2.05, 4.69) is 0 Å². The van der Waals surface area contributed by atoms with Gasteiger partial charge in [0, 0.05) is 18.1 Å². The smallest absolute Gasteiger partial charge is 0.462 e. The highest BCUT2D eigenvalue weighted by atomic mass is 19.1. The monoisotopic (exact) mass is 455 g/mol. The summed E-state index contributed by atoms with van der Waals surface area (Å²) in [5, 5.41) is 11.2. The molecule has 0 atom stereocenters. The molecule has 2 aromatic carbocycles. The molecule has 0 unspecified atom stereocenters. The molecule has 0 aliphatic rings. The molecule has 0 spiro atoms. The van der Waals surface area contributed by atoms with Crippen LogP contribution in [0, 0.1) is 11.7 Å². The molecule has 1 heterocycles. The van der Waals surface area contributed by atoms with Crippen LogP contribution in [0.4, 0.5) is 10.1 Å². The number of halogens is 1. The van der Waals surface area contributed by atoms with Crippen molar-refractivity contribution in [2.24, 2.45) is 5.92 Å². The van der Waals surface area contributed by atoms with E-state index in [9.17, 15) is 14.2 Å². The fourth-order valence-electron chi connectivity index (χ4n) is 3.19. The van der Waals surface area contributed by atoms with Gasteiger partial charge in [0.05, 0.1) is 11.7 Å². The van der Waals surface area contributed by atoms with Crippen LogP contribution in [-0.4, -0.2) is 36.8 Å². The summed E-state index contributed by atoms with van der Waals surface area (Å²) in [7, 11) is 0.445. The number of benzene rings is 2. The maximum Gasteiger partial charge on any atom is 0.491 e. The lowest BCUT2D eigenvalue weighted by Crippen LogP contribution is -2.44. The van der Waals surface area contributed by atoms with Crippen LogP contribution >= 0.6 is 0 Å². The minimum atomic E-state index is -1.16. The van der Waals surface area contributed by atoms with Gasteiger partial charge in [-0.2, -0.15) is 0 Å². The Hall–Kier alpha value is -2.84. The summed E-state index contributed by atoms with van der Waals surface area (Å²) in [6, 6.07) is 10.7. The third kappa shape index (κ3) is 5.39. The van der Waals surface area contributed by atoms with Crippen molar-refractivity contribution in [3.63, 3.8) is 0 Å². The Kier molecular flexibility index (Phi) is 7.19. The molecule has 0 saturated heterocycles. The highest BCUT2D eigenvalue weighted by Gasteiger charge is 2.32. The number of fused-ring (bicyclic) bond motifs is 1. The molecule has 8 heteroatoms. The van der Waals surface area contributed by atoms with Crippen LogP contribution in [0.2, 0.25) is 0 Å². The van der Waals surface area contributed by atoms with Gasteiger partial charge < -0.3 is 23.7 Å². The Balaban J connectivity index is 2.01. The average Bonchev–Trinajstić information content (AvgIpc) is 3.08. The zero-order chi connectivity index (χ0) is 24.5. The first-order valence-corrected chi connectivity index (χ1v) is 11.0. The summed E-state index contributed by atoms with van der Waals surface area (Å²) in [5.74, 6) is -0.460. The summed E-state index contributed by atoms with van der Waals surface area (Å²) in [5.41, 5.74) is 1.15. The standard InChI is InChI=1S/C25H31BFNO5/c1-15(2)25(5,6)33-26(30)17-8-13-20-21(14-17)32-24(31-16(3)4)22(20)23(29)28(7)19-11-9-18(27)10-12-19/h8-16,30H,1-7H3. The molecule has 0 radical (unpaired) electrons. The highest BCUT2D eigenvalue weighted by molar-refractivity contribution is 6.60. The number of ether oxygens (including phenoxy) is 1. The zero-order valence-electron chi connectivity index (χ0n) is 20.2. The topological polar surface area (TPSA) is 72.1 Å². The third-order valence-electron chi connectivity index (χ3n) is 5.85. The van der Waals surface area contributed by atoms with Gasteiger partial charge in [-0.25, -0.2) is 4.39 Å². The van der Waals surface area contributed by atoms with Gasteiger partial charge in [0.25, 0.3) is 11.9 Å². The van der Waals surface area contributed by atoms with E-state index >= 15 is 0 Å². The van der Waals surface area contributed by atoms with E-state index in [-0.39, 0.29) is 35.3 Å². The number of carbonyl (C=O) groups is 1. The van der Waals surface area contributed by atoms with Gasteiger partial charge in [0.1, 0.15) is 17.0 Å². The average molecular weight is 455 g/mol. The molecule has 1 amide bonds. The second kappa shape index (κ2) is 9.57. The van der Waals surface area contributed by atoms with E-state index in [1.807, 2.05) is 41.5 Å². The number of rotatable bonds is 8. The second-order valence-corrected chi connectivity index (χ2v) is 9.26. The van der Waals surface area contributed by atoms with Crippen molar-refractivity contribution in [3.05, 3.63) is 53.8 Å². The normalized spacial score (nSPS) is 12.0. The summed E-state index contributed by atoms with van der Waals surface area (Å²) >= 11 is 0. The molecule has 1 aromatic heterocycles. The van der Waals surface area contributed by atoms with Gasteiger partial charge in [-0.1, -0.05) is 26.0 Å². The lowest BCUT2D eigenvalue weighted by molar-refractivity contribution is 0.0423. The van der Waals surface area contributed by atoms with Gasteiger partial charge in [0.2, 0.25) is 0 Å². The van der Waals surface area contributed by atoms with E-state index < -0.39 is 12.7 Å². The molecule has 3 rings (SSSR count). The molecular formula is C25H31BFNO5. The van der Waals surface area contributed by atoms with Crippen molar-refractivity contribution in [1.82, 2.24) is 0 Å². The molecule has 33 heavy (non-hydrogen) atoms. The molecule has 0 aliphatic carbocycles. The van der Waals surface area contributed by atoms with Crippen molar-refractivity contribution in [2.45, 2.75) is 53.2 Å². The lowest BCUT2D eigenvalue weighted by Gasteiger charge is -2.31. The molecule has 0 saturated carbocycles. The minimum Gasteiger partial charge on any atom is -0.462 e. The second-order valence-electron chi connectivity index (χ2n) is 9.26. The Morgan fingerprint density at radius 3 is 2.33 bits per heavy atom. The number of nitrogens with zero attached hydrogens (tertiary/aromatic N) is 1.